The number of hydrogen-bond acceptors (Lipinski definition) is 2. The van der Waals surface area contributed by atoms with E-state index in [1.54, 1.807) is 0 Å². The van der Waals surface area contributed by atoms with Gasteiger partial charge < -0.3 is 10.2 Å². The van der Waals surface area contributed by atoms with Crippen LogP contribution in [0.1, 0.15) is 85.0 Å². The first-order chi connectivity index (χ1) is 9.85. The summed E-state index contributed by atoms with van der Waals surface area (Å²) < 4.78 is 0. The number of unbranched alkanes of at least 4 members (excludes halogenated alkanes) is 9. The van der Waals surface area contributed by atoms with Crippen molar-refractivity contribution in [1.29, 1.82) is 0 Å². The molecule has 0 saturated heterocycles. The minimum Gasteiger partial charge on any atom is -0.315 e. The van der Waals surface area contributed by atoms with Crippen LogP contribution in [0.4, 0.5) is 0 Å². The van der Waals surface area contributed by atoms with Gasteiger partial charge in [0, 0.05) is 13.1 Å². The van der Waals surface area contributed by atoms with Gasteiger partial charge in [-0.15, -0.1) is 0 Å². The van der Waals surface area contributed by atoms with Crippen molar-refractivity contribution in [3.05, 3.63) is 0 Å². The van der Waals surface area contributed by atoms with Gasteiger partial charge in [0.1, 0.15) is 0 Å². The quantitative estimate of drug-likeness (QED) is 0.408. The van der Waals surface area contributed by atoms with Gasteiger partial charge in [-0.1, -0.05) is 78.6 Å². The zero-order valence-electron chi connectivity index (χ0n) is 14.6. The number of nitrogens with zero attached hydrogens (tertiary/aromatic N) is 1. The van der Waals surface area contributed by atoms with Crippen LogP contribution in [-0.2, 0) is 0 Å². The van der Waals surface area contributed by atoms with E-state index in [2.05, 4.69) is 31.0 Å². The first-order valence-electron chi connectivity index (χ1n) is 9.28. The van der Waals surface area contributed by atoms with Crippen LogP contribution in [0.15, 0.2) is 0 Å². The zero-order chi connectivity index (χ0) is 14.9. The van der Waals surface area contributed by atoms with Gasteiger partial charge >= 0.3 is 0 Å². The molecule has 2 heteroatoms. The summed E-state index contributed by atoms with van der Waals surface area (Å²) in [5.74, 6) is 0. The molecule has 2 nitrogen and oxygen atoms in total. The van der Waals surface area contributed by atoms with E-state index in [0.717, 1.165) is 6.54 Å². The summed E-state index contributed by atoms with van der Waals surface area (Å²) in [6.07, 6.45) is 14.3. The zero-order valence-corrected chi connectivity index (χ0v) is 14.6. The lowest BCUT2D eigenvalue weighted by Gasteiger charge is -2.17. The van der Waals surface area contributed by atoms with Crippen LogP contribution in [0, 0.1) is 0 Å². The Morgan fingerprint density at radius 1 is 0.600 bits per heavy atom. The summed E-state index contributed by atoms with van der Waals surface area (Å²) in [7, 11) is 0. The normalized spacial score (nSPS) is 11.4. The van der Waals surface area contributed by atoms with E-state index in [1.165, 1.54) is 90.4 Å². The third-order valence-electron chi connectivity index (χ3n) is 4.21. The molecule has 0 saturated carbocycles. The molecule has 0 aliphatic carbocycles. The number of hydrogen-bond donors (Lipinski definition) is 1. The van der Waals surface area contributed by atoms with E-state index in [1.807, 2.05) is 0 Å². The van der Waals surface area contributed by atoms with Crippen LogP contribution in [0.2, 0.25) is 0 Å². The van der Waals surface area contributed by atoms with Gasteiger partial charge in [0.25, 0.3) is 0 Å². The molecular formula is C18H40N2. The van der Waals surface area contributed by atoms with Crippen LogP contribution in [0.3, 0.4) is 0 Å². The van der Waals surface area contributed by atoms with Crippen molar-refractivity contribution >= 4 is 0 Å². The van der Waals surface area contributed by atoms with Crippen LogP contribution in [0.5, 0.6) is 0 Å². The van der Waals surface area contributed by atoms with Crippen molar-refractivity contribution in [2.45, 2.75) is 85.0 Å². The number of nitrogens with one attached hydrogen (secondary N) is 1. The van der Waals surface area contributed by atoms with Crippen molar-refractivity contribution < 1.29 is 0 Å². The Hall–Kier alpha value is -0.0800. The van der Waals surface area contributed by atoms with Crippen LogP contribution >= 0.6 is 0 Å². The van der Waals surface area contributed by atoms with Gasteiger partial charge in [-0.05, 0) is 26.1 Å². The highest BCUT2D eigenvalue weighted by Gasteiger charge is 1.97. The van der Waals surface area contributed by atoms with Crippen molar-refractivity contribution in [2.24, 2.45) is 0 Å². The Morgan fingerprint density at radius 2 is 1.10 bits per heavy atom. The van der Waals surface area contributed by atoms with Crippen molar-refractivity contribution in [3.63, 3.8) is 0 Å². The maximum absolute atomic E-state index is 3.57. The van der Waals surface area contributed by atoms with Crippen LogP contribution in [-0.4, -0.2) is 37.6 Å². The molecule has 0 amide bonds. The molecule has 0 atom stereocenters. The monoisotopic (exact) mass is 284 g/mol. The topological polar surface area (TPSA) is 15.3 Å². The molecule has 0 aromatic rings. The molecule has 0 fully saturated rings. The first-order valence-corrected chi connectivity index (χ1v) is 9.28. The Bertz CT molecular complexity index is 167. The second kappa shape index (κ2) is 17.0. The molecule has 0 aromatic heterocycles. The fraction of sp³-hybridized carbons (Fsp3) is 1.00. The van der Waals surface area contributed by atoms with E-state index >= 15 is 0 Å². The summed E-state index contributed by atoms with van der Waals surface area (Å²) in [6.45, 7) is 12.7. The van der Waals surface area contributed by atoms with Gasteiger partial charge in [-0.3, -0.25) is 0 Å². The summed E-state index contributed by atoms with van der Waals surface area (Å²) in [6, 6.07) is 0. The second-order valence-corrected chi connectivity index (χ2v) is 5.96. The Balaban J connectivity index is 3.02. The van der Waals surface area contributed by atoms with Crippen molar-refractivity contribution in [1.82, 2.24) is 10.2 Å². The molecule has 0 aliphatic heterocycles. The van der Waals surface area contributed by atoms with Crippen LogP contribution < -0.4 is 5.32 Å². The van der Waals surface area contributed by atoms with Gasteiger partial charge in [-0.25, -0.2) is 0 Å². The molecule has 0 rings (SSSR count). The van der Waals surface area contributed by atoms with Crippen molar-refractivity contribution in [3.8, 4) is 0 Å². The lowest BCUT2D eigenvalue weighted by Crippen LogP contribution is -2.32. The summed E-state index contributed by atoms with van der Waals surface area (Å²) in [5.41, 5.74) is 0. The standard InChI is InChI=1S/C18H40N2/c1-4-7-8-9-10-11-12-13-14-15-16-19-17-18-20(5-2)6-3/h19H,4-18H2,1-3H3. The summed E-state index contributed by atoms with van der Waals surface area (Å²) in [4.78, 5) is 2.48. The molecule has 1 N–H and O–H groups in total. The van der Waals surface area contributed by atoms with Crippen molar-refractivity contribution in [2.75, 3.05) is 32.7 Å². The highest BCUT2D eigenvalue weighted by Crippen LogP contribution is 2.10. The van der Waals surface area contributed by atoms with E-state index in [-0.39, 0.29) is 0 Å². The predicted molar refractivity (Wildman–Crippen MR) is 92.5 cm³/mol. The molecular weight excluding hydrogens is 244 g/mol. The highest BCUT2D eigenvalue weighted by molar-refractivity contribution is 4.56. The van der Waals surface area contributed by atoms with Gasteiger partial charge in [0.05, 0.1) is 0 Å². The molecule has 0 bridgehead atoms. The maximum atomic E-state index is 3.57. The largest absolute Gasteiger partial charge is 0.315 e. The Labute approximate surface area is 128 Å². The fourth-order valence-electron chi connectivity index (χ4n) is 2.64. The predicted octanol–water partition coefficient (Wildman–Crippen LogP) is 4.84. The number of likely N-dealkylation sites (N-methyl/N-ethyl adjacent to an activating group) is 1. The molecule has 0 heterocycles. The van der Waals surface area contributed by atoms with E-state index < -0.39 is 0 Å². The molecule has 0 aliphatic rings. The van der Waals surface area contributed by atoms with Gasteiger partial charge in [0.2, 0.25) is 0 Å². The minimum absolute atomic E-state index is 1.15. The fourth-order valence-corrected chi connectivity index (χ4v) is 2.64. The first kappa shape index (κ1) is 19.9. The molecule has 122 valence electrons. The third-order valence-corrected chi connectivity index (χ3v) is 4.21. The second-order valence-electron chi connectivity index (χ2n) is 5.96. The SMILES string of the molecule is CCCCCCCCCCCCNCCN(CC)CC. The Kier molecular flexibility index (Phi) is 16.9. The maximum Gasteiger partial charge on any atom is 0.0107 e. The molecule has 0 radical (unpaired) electrons. The summed E-state index contributed by atoms with van der Waals surface area (Å²) in [5, 5.41) is 3.57. The lowest BCUT2D eigenvalue weighted by molar-refractivity contribution is 0.302. The smallest absolute Gasteiger partial charge is 0.0107 e. The number of rotatable bonds is 16. The average Bonchev–Trinajstić information content (AvgIpc) is 2.48. The average molecular weight is 285 g/mol. The summed E-state index contributed by atoms with van der Waals surface area (Å²) >= 11 is 0. The highest BCUT2D eigenvalue weighted by atomic mass is 15.1. The molecule has 0 spiro atoms. The minimum atomic E-state index is 1.15. The van der Waals surface area contributed by atoms with E-state index in [0.29, 0.717) is 0 Å². The van der Waals surface area contributed by atoms with E-state index in [9.17, 15) is 0 Å². The Morgan fingerprint density at radius 3 is 1.60 bits per heavy atom. The van der Waals surface area contributed by atoms with E-state index in [4.69, 9.17) is 0 Å². The molecule has 20 heavy (non-hydrogen) atoms. The lowest BCUT2D eigenvalue weighted by atomic mass is 10.1. The third kappa shape index (κ3) is 14.3. The molecule has 0 aromatic carbocycles. The van der Waals surface area contributed by atoms with Gasteiger partial charge in [-0.2, -0.15) is 0 Å². The van der Waals surface area contributed by atoms with Crippen LogP contribution in [0.25, 0.3) is 0 Å². The van der Waals surface area contributed by atoms with Gasteiger partial charge in [0.15, 0.2) is 0 Å². The molecule has 0 unspecified atom stereocenters.